The molecule has 0 amide bonds. The van der Waals surface area contributed by atoms with Crippen molar-refractivity contribution < 1.29 is 9.53 Å². The van der Waals surface area contributed by atoms with Crippen molar-refractivity contribution in [3.63, 3.8) is 0 Å². The molecule has 1 aliphatic rings. The van der Waals surface area contributed by atoms with Crippen molar-refractivity contribution in [2.75, 3.05) is 13.1 Å². The van der Waals surface area contributed by atoms with Gasteiger partial charge in [-0.25, -0.2) is 0 Å². The van der Waals surface area contributed by atoms with Crippen molar-refractivity contribution in [1.29, 1.82) is 0 Å². The summed E-state index contributed by atoms with van der Waals surface area (Å²) in [6.07, 6.45) is 2.81. The topological polar surface area (TPSA) is 29.5 Å². The summed E-state index contributed by atoms with van der Waals surface area (Å²) in [7, 11) is 0. The number of ether oxygens (including phenoxy) is 1. The molecule has 96 valence electrons. The summed E-state index contributed by atoms with van der Waals surface area (Å²) >= 11 is 0. The summed E-state index contributed by atoms with van der Waals surface area (Å²) in [5.74, 6) is 5.84. The van der Waals surface area contributed by atoms with Crippen LogP contribution in [0.3, 0.4) is 0 Å². The SMILES string of the molecule is CC#CCCN1CCC[C@H]1C(=O)OC(C)(C)C. The maximum absolute atomic E-state index is 12.0. The van der Waals surface area contributed by atoms with Crippen molar-refractivity contribution >= 4 is 5.97 Å². The van der Waals surface area contributed by atoms with Crippen LogP contribution in [0.25, 0.3) is 0 Å². The zero-order chi connectivity index (χ0) is 12.9. The second-order valence-corrected chi connectivity index (χ2v) is 5.40. The van der Waals surface area contributed by atoms with Gasteiger partial charge in [0, 0.05) is 13.0 Å². The Kier molecular flexibility index (Phi) is 5.02. The van der Waals surface area contributed by atoms with Gasteiger partial charge in [0.15, 0.2) is 0 Å². The molecule has 1 rings (SSSR count). The van der Waals surface area contributed by atoms with E-state index in [2.05, 4.69) is 16.7 Å². The summed E-state index contributed by atoms with van der Waals surface area (Å²) in [5, 5.41) is 0. The van der Waals surface area contributed by atoms with Crippen molar-refractivity contribution in [1.82, 2.24) is 4.90 Å². The first-order valence-electron chi connectivity index (χ1n) is 6.30. The molecule has 17 heavy (non-hydrogen) atoms. The Hall–Kier alpha value is -1.01. The zero-order valence-electron chi connectivity index (χ0n) is 11.4. The molecule has 1 saturated heterocycles. The van der Waals surface area contributed by atoms with E-state index in [0.717, 1.165) is 32.4 Å². The minimum atomic E-state index is -0.394. The predicted molar refractivity (Wildman–Crippen MR) is 68.5 cm³/mol. The van der Waals surface area contributed by atoms with Crippen LogP contribution in [-0.2, 0) is 9.53 Å². The van der Waals surface area contributed by atoms with E-state index in [1.54, 1.807) is 0 Å². The maximum atomic E-state index is 12.0. The van der Waals surface area contributed by atoms with E-state index in [1.807, 2.05) is 27.7 Å². The van der Waals surface area contributed by atoms with E-state index < -0.39 is 5.60 Å². The first-order valence-corrected chi connectivity index (χ1v) is 6.30. The van der Waals surface area contributed by atoms with Gasteiger partial charge < -0.3 is 4.74 Å². The minimum absolute atomic E-state index is 0.0621. The molecule has 0 saturated carbocycles. The first-order chi connectivity index (χ1) is 7.94. The van der Waals surface area contributed by atoms with Crippen LogP contribution in [0, 0.1) is 11.8 Å². The quantitative estimate of drug-likeness (QED) is 0.557. The summed E-state index contributed by atoms with van der Waals surface area (Å²) in [6, 6.07) is -0.0621. The molecular formula is C14H23NO2. The zero-order valence-corrected chi connectivity index (χ0v) is 11.4. The minimum Gasteiger partial charge on any atom is -0.459 e. The third-order valence-corrected chi connectivity index (χ3v) is 2.74. The third-order valence-electron chi connectivity index (χ3n) is 2.74. The molecule has 0 aromatic rings. The molecule has 1 heterocycles. The Morgan fingerprint density at radius 3 is 2.76 bits per heavy atom. The summed E-state index contributed by atoms with van der Waals surface area (Å²) in [4.78, 5) is 14.2. The lowest BCUT2D eigenvalue weighted by molar-refractivity contribution is -0.160. The molecule has 0 aromatic carbocycles. The first kappa shape index (κ1) is 14.1. The standard InChI is InChI=1S/C14H23NO2/c1-5-6-7-10-15-11-8-9-12(15)13(16)17-14(2,3)4/h12H,7-11H2,1-4H3/t12-/m0/s1. The van der Waals surface area contributed by atoms with Crippen LogP contribution in [0.5, 0.6) is 0 Å². The highest BCUT2D eigenvalue weighted by molar-refractivity contribution is 5.76. The van der Waals surface area contributed by atoms with Gasteiger partial charge in [0.05, 0.1) is 0 Å². The molecule has 0 radical (unpaired) electrons. The average molecular weight is 237 g/mol. The summed E-state index contributed by atoms with van der Waals surface area (Å²) in [6.45, 7) is 9.42. The number of carbonyl (C=O) groups is 1. The van der Waals surface area contributed by atoms with E-state index in [1.165, 1.54) is 0 Å². The van der Waals surface area contributed by atoms with E-state index in [9.17, 15) is 4.79 Å². The van der Waals surface area contributed by atoms with E-state index >= 15 is 0 Å². The fourth-order valence-electron chi connectivity index (χ4n) is 2.06. The number of likely N-dealkylation sites (tertiary alicyclic amines) is 1. The molecule has 1 fully saturated rings. The van der Waals surface area contributed by atoms with Gasteiger partial charge in [0.1, 0.15) is 11.6 Å². The lowest BCUT2D eigenvalue weighted by Crippen LogP contribution is -2.40. The lowest BCUT2D eigenvalue weighted by atomic mass is 10.1. The van der Waals surface area contributed by atoms with Crippen LogP contribution in [0.4, 0.5) is 0 Å². The van der Waals surface area contributed by atoms with Crippen molar-refractivity contribution in [2.45, 2.75) is 58.6 Å². The molecular weight excluding hydrogens is 214 g/mol. The molecule has 0 aliphatic carbocycles. The van der Waals surface area contributed by atoms with Crippen LogP contribution in [-0.4, -0.2) is 35.6 Å². The Morgan fingerprint density at radius 1 is 1.47 bits per heavy atom. The molecule has 0 bridgehead atoms. The highest BCUT2D eigenvalue weighted by Crippen LogP contribution is 2.21. The fourth-order valence-corrected chi connectivity index (χ4v) is 2.06. The maximum Gasteiger partial charge on any atom is 0.323 e. The largest absolute Gasteiger partial charge is 0.459 e. The number of esters is 1. The Balaban J connectivity index is 2.49. The molecule has 1 atom stereocenters. The van der Waals surface area contributed by atoms with E-state index in [4.69, 9.17) is 4.74 Å². The van der Waals surface area contributed by atoms with Crippen molar-refractivity contribution in [3.8, 4) is 11.8 Å². The van der Waals surface area contributed by atoms with Crippen LogP contribution in [0.1, 0.15) is 47.0 Å². The van der Waals surface area contributed by atoms with Gasteiger partial charge in [-0.05, 0) is 47.1 Å². The molecule has 0 N–H and O–H groups in total. The van der Waals surface area contributed by atoms with Crippen LogP contribution >= 0.6 is 0 Å². The van der Waals surface area contributed by atoms with Gasteiger partial charge in [-0.15, -0.1) is 11.8 Å². The molecule has 3 nitrogen and oxygen atoms in total. The molecule has 0 spiro atoms. The van der Waals surface area contributed by atoms with Gasteiger partial charge in [0.2, 0.25) is 0 Å². The molecule has 0 aromatic heterocycles. The number of rotatable bonds is 3. The smallest absolute Gasteiger partial charge is 0.323 e. The molecule has 1 aliphatic heterocycles. The van der Waals surface area contributed by atoms with Crippen LogP contribution in [0.15, 0.2) is 0 Å². The van der Waals surface area contributed by atoms with Gasteiger partial charge >= 0.3 is 5.97 Å². The van der Waals surface area contributed by atoms with Crippen molar-refractivity contribution in [3.05, 3.63) is 0 Å². The number of carbonyl (C=O) groups excluding carboxylic acids is 1. The van der Waals surface area contributed by atoms with E-state index in [-0.39, 0.29) is 12.0 Å². The van der Waals surface area contributed by atoms with Gasteiger partial charge in [-0.3, -0.25) is 9.69 Å². The molecule has 3 heteroatoms. The fraction of sp³-hybridized carbons (Fsp3) is 0.786. The molecule has 0 unspecified atom stereocenters. The average Bonchev–Trinajstić information content (AvgIpc) is 2.64. The third kappa shape index (κ3) is 4.79. The summed E-state index contributed by atoms with van der Waals surface area (Å²) in [5.41, 5.74) is -0.394. The van der Waals surface area contributed by atoms with Crippen molar-refractivity contribution in [2.24, 2.45) is 0 Å². The second-order valence-electron chi connectivity index (χ2n) is 5.40. The summed E-state index contributed by atoms with van der Waals surface area (Å²) < 4.78 is 5.44. The van der Waals surface area contributed by atoms with Gasteiger partial charge in [-0.2, -0.15) is 0 Å². The lowest BCUT2D eigenvalue weighted by Gasteiger charge is -2.26. The van der Waals surface area contributed by atoms with Crippen LogP contribution < -0.4 is 0 Å². The number of hydrogen-bond acceptors (Lipinski definition) is 3. The number of hydrogen-bond donors (Lipinski definition) is 0. The second kappa shape index (κ2) is 6.07. The van der Waals surface area contributed by atoms with Gasteiger partial charge in [0.25, 0.3) is 0 Å². The Labute approximate surface area is 105 Å². The highest BCUT2D eigenvalue weighted by atomic mass is 16.6. The Bertz CT molecular complexity index is 319. The number of nitrogens with zero attached hydrogens (tertiary/aromatic N) is 1. The van der Waals surface area contributed by atoms with Crippen LogP contribution in [0.2, 0.25) is 0 Å². The van der Waals surface area contributed by atoms with E-state index in [0.29, 0.717) is 0 Å². The monoisotopic (exact) mass is 237 g/mol. The normalized spacial score (nSPS) is 20.8. The predicted octanol–water partition coefficient (Wildman–Crippen LogP) is 2.21. The van der Waals surface area contributed by atoms with Gasteiger partial charge in [-0.1, -0.05) is 0 Å². The Morgan fingerprint density at radius 2 is 2.18 bits per heavy atom. The highest BCUT2D eigenvalue weighted by Gasteiger charge is 2.33.